The third-order valence-electron chi connectivity index (χ3n) is 3.46. The lowest BCUT2D eigenvalue weighted by Crippen LogP contribution is -2.25. The van der Waals surface area contributed by atoms with Gasteiger partial charge in [-0.1, -0.05) is 11.6 Å². The number of amides is 1. The molecule has 0 bridgehead atoms. The van der Waals surface area contributed by atoms with Crippen LogP contribution in [0, 0.1) is 0 Å². The second kappa shape index (κ2) is 5.50. The number of aryl methyl sites for hydroxylation is 1. The van der Waals surface area contributed by atoms with Crippen molar-refractivity contribution in [2.75, 3.05) is 5.32 Å². The molecule has 1 aromatic heterocycles. The Morgan fingerprint density at radius 1 is 1.19 bits per heavy atom. The number of nitrogens with one attached hydrogen (secondary N) is 1. The number of carbonyl (C=O) groups is 2. The van der Waals surface area contributed by atoms with Gasteiger partial charge in [0.15, 0.2) is 0 Å². The molecule has 1 amide bonds. The number of benzene rings is 1. The van der Waals surface area contributed by atoms with Crippen LogP contribution in [0.15, 0.2) is 24.3 Å². The van der Waals surface area contributed by atoms with Crippen LogP contribution in [0.5, 0.6) is 0 Å². The van der Waals surface area contributed by atoms with Crippen LogP contribution < -0.4 is 10.4 Å². The van der Waals surface area contributed by atoms with Crippen LogP contribution in [0.25, 0.3) is 0 Å². The highest BCUT2D eigenvalue weighted by atomic mass is 35.5. The average Bonchev–Trinajstić information content (AvgIpc) is 2.98. The summed E-state index contributed by atoms with van der Waals surface area (Å²) in [6, 6.07) is 6.42. The van der Waals surface area contributed by atoms with E-state index in [4.69, 9.17) is 11.6 Å². The number of carbonyl (C=O) groups excluding carboxylic acids is 2. The van der Waals surface area contributed by atoms with Gasteiger partial charge >= 0.3 is 0 Å². The number of halogens is 1. The van der Waals surface area contributed by atoms with Crippen molar-refractivity contribution in [2.45, 2.75) is 19.3 Å². The summed E-state index contributed by atoms with van der Waals surface area (Å²) in [5, 5.41) is 14.9. The van der Waals surface area contributed by atoms with Crippen LogP contribution in [-0.4, -0.2) is 11.9 Å². The molecule has 0 atom stereocenters. The minimum atomic E-state index is -1.24. The van der Waals surface area contributed by atoms with Crippen molar-refractivity contribution in [3.05, 3.63) is 50.9 Å². The number of fused-ring (bicyclic) bond motifs is 1. The maximum absolute atomic E-state index is 12.2. The molecule has 21 heavy (non-hydrogen) atoms. The van der Waals surface area contributed by atoms with Crippen molar-refractivity contribution >= 4 is 39.8 Å². The number of carboxylic acid groups (broad SMARTS) is 1. The smallest absolute Gasteiger partial charge is 0.256 e. The van der Waals surface area contributed by atoms with E-state index < -0.39 is 5.97 Å². The van der Waals surface area contributed by atoms with E-state index in [-0.39, 0.29) is 11.5 Å². The summed E-state index contributed by atoms with van der Waals surface area (Å²) < 4.78 is 0. The minimum absolute atomic E-state index is 0.134. The zero-order chi connectivity index (χ0) is 15.0. The molecule has 1 aliphatic carbocycles. The van der Waals surface area contributed by atoms with E-state index in [0.29, 0.717) is 15.6 Å². The highest BCUT2D eigenvalue weighted by Gasteiger charge is 2.23. The van der Waals surface area contributed by atoms with Gasteiger partial charge in [0, 0.05) is 21.0 Å². The second-order valence-corrected chi connectivity index (χ2v) is 6.35. The van der Waals surface area contributed by atoms with E-state index in [0.717, 1.165) is 29.7 Å². The van der Waals surface area contributed by atoms with E-state index in [1.807, 2.05) is 0 Å². The third-order valence-corrected chi connectivity index (χ3v) is 4.92. The van der Waals surface area contributed by atoms with E-state index in [1.165, 1.54) is 11.3 Å². The Bertz CT molecular complexity index is 721. The monoisotopic (exact) mass is 320 g/mol. The predicted octanol–water partition coefficient (Wildman–Crippen LogP) is 2.51. The number of hydrogen-bond acceptors (Lipinski definition) is 4. The highest BCUT2D eigenvalue weighted by molar-refractivity contribution is 7.17. The zero-order valence-electron chi connectivity index (χ0n) is 10.9. The molecule has 0 fully saturated rings. The third kappa shape index (κ3) is 2.66. The maximum Gasteiger partial charge on any atom is 0.256 e. The van der Waals surface area contributed by atoms with Gasteiger partial charge in [-0.15, -0.1) is 11.3 Å². The van der Waals surface area contributed by atoms with Crippen molar-refractivity contribution in [1.29, 1.82) is 0 Å². The first kappa shape index (κ1) is 14.1. The number of anilines is 1. The zero-order valence-corrected chi connectivity index (χ0v) is 12.5. The first-order valence-electron chi connectivity index (χ1n) is 6.49. The summed E-state index contributed by atoms with van der Waals surface area (Å²) >= 11 is 7.10. The molecule has 1 N–H and O–H groups in total. The van der Waals surface area contributed by atoms with Crippen LogP contribution in [0.1, 0.15) is 37.6 Å². The van der Waals surface area contributed by atoms with Crippen LogP contribution in [0.3, 0.4) is 0 Å². The maximum atomic E-state index is 12.2. The highest BCUT2D eigenvalue weighted by Crippen LogP contribution is 2.38. The van der Waals surface area contributed by atoms with Crippen LogP contribution in [0.2, 0.25) is 5.02 Å². The molecule has 2 aromatic rings. The number of carboxylic acids is 1. The Kier molecular flexibility index (Phi) is 3.69. The van der Waals surface area contributed by atoms with Crippen LogP contribution >= 0.6 is 22.9 Å². The normalized spacial score (nSPS) is 13.0. The van der Waals surface area contributed by atoms with Crippen molar-refractivity contribution in [3.63, 3.8) is 0 Å². The van der Waals surface area contributed by atoms with Crippen molar-refractivity contribution in [2.24, 2.45) is 0 Å². The lowest BCUT2D eigenvalue weighted by atomic mass is 10.1. The summed E-state index contributed by atoms with van der Waals surface area (Å²) in [6.45, 7) is 0. The summed E-state index contributed by atoms with van der Waals surface area (Å²) in [4.78, 5) is 24.5. The SMILES string of the molecule is O=C(Nc1sc2c(c1C(=O)[O-])CCC2)c1ccc(Cl)cc1. The second-order valence-electron chi connectivity index (χ2n) is 4.81. The number of thiophene rings is 1. The molecular weight excluding hydrogens is 310 g/mol. The standard InChI is InChI=1S/C15H12ClNO3S/c16-9-6-4-8(5-7-9)13(18)17-14-12(15(19)20)10-2-1-3-11(10)21-14/h4-7H,1-3H2,(H,17,18)(H,19,20)/p-1. The fraction of sp³-hybridized carbons (Fsp3) is 0.200. The molecule has 0 aliphatic heterocycles. The summed E-state index contributed by atoms with van der Waals surface area (Å²) in [7, 11) is 0. The fourth-order valence-corrected chi connectivity index (χ4v) is 3.88. The van der Waals surface area contributed by atoms with Crippen LogP contribution in [0.4, 0.5) is 5.00 Å². The van der Waals surface area contributed by atoms with E-state index >= 15 is 0 Å². The number of rotatable bonds is 3. The van der Waals surface area contributed by atoms with Gasteiger partial charge in [-0.2, -0.15) is 0 Å². The molecule has 1 heterocycles. The van der Waals surface area contributed by atoms with Gasteiger partial charge in [0.1, 0.15) is 5.00 Å². The lowest BCUT2D eigenvalue weighted by molar-refractivity contribution is -0.254. The van der Waals surface area contributed by atoms with Gasteiger partial charge in [-0.05, 0) is 49.1 Å². The summed E-state index contributed by atoms with van der Waals surface area (Å²) in [6.07, 6.45) is 2.54. The molecule has 1 aromatic carbocycles. The number of aromatic carboxylic acids is 1. The van der Waals surface area contributed by atoms with Crippen LogP contribution in [-0.2, 0) is 12.8 Å². The summed E-state index contributed by atoms with van der Waals surface area (Å²) in [5.74, 6) is -1.59. The Morgan fingerprint density at radius 2 is 1.90 bits per heavy atom. The minimum Gasteiger partial charge on any atom is -0.545 e. The molecule has 0 saturated heterocycles. The molecule has 6 heteroatoms. The van der Waals surface area contributed by atoms with Gasteiger partial charge in [-0.25, -0.2) is 0 Å². The van der Waals surface area contributed by atoms with Gasteiger partial charge < -0.3 is 15.2 Å². The van der Waals surface area contributed by atoms with Crippen molar-refractivity contribution in [3.8, 4) is 0 Å². The van der Waals surface area contributed by atoms with Crippen molar-refractivity contribution < 1.29 is 14.7 Å². The Morgan fingerprint density at radius 3 is 2.57 bits per heavy atom. The molecule has 0 spiro atoms. The van der Waals surface area contributed by atoms with Gasteiger partial charge in [0.2, 0.25) is 0 Å². The number of hydrogen-bond donors (Lipinski definition) is 1. The van der Waals surface area contributed by atoms with Gasteiger partial charge in [0.25, 0.3) is 5.91 Å². The molecule has 0 unspecified atom stereocenters. The largest absolute Gasteiger partial charge is 0.545 e. The van der Waals surface area contributed by atoms with E-state index in [9.17, 15) is 14.7 Å². The summed E-state index contributed by atoms with van der Waals surface area (Å²) in [5.41, 5.74) is 1.37. The Balaban J connectivity index is 1.90. The topological polar surface area (TPSA) is 69.2 Å². The molecule has 4 nitrogen and oxygen atoms in total. The molecule has 108 valence electrons. The fourth-order valence-electron chi connectivity index (χ4n) is 2.48. The van der Waals surface area contributed by atoms with E-state index in [2.05, 4.69) is 5.32 Å². The Labute approximate surface area is 130 Å². The molecular formula is C15H11ClNO3S-. The molecule has 1 aliphatic rings. The first-order valence-corrected chi connectivity index (χ1v) is 7.68. The predicted molar refractivity (Wildman–Crippen MR) is 80.1 cm³/mol. The lowest BCUT2D eigenvalue weighted by Gasteiger charge is -2.09. The molecule has 3 rings (SSSR count). The molecule has 0 saturated carbocycles. The quantitative estimate of drug-likeness (QED) is 0.944. The first-order chi connectivity index (χ1) is 10.1. The average molecular weight is 321 g/mol. The van der Waals surface area contributed by atoms with E-state index in [1.54, 1.807) is 24.3 Å². The Hall–Kier alpha value is -1.85. The molecule has 0 radical (unpaired) electrons. The van der Waals surface area contributed by atoms with Crippen molar-refractivity contribution in [1.82, 2.24) is 0 Å². The van der Waals surface area contributed by atoms with Gasteiger partial charge in [-0.3, -0.25) is 4.79 Å². The van der Waals surface area contributed by atoms with Gasteiger partial charge in [0.05, 0.1) is 5.97 Å².